The molecule has 130 valence electrons. The van der Waals surface area contributed by atoms with Crippen molar-refractivity contribution in [2.75, 3.05) is 6.54 Å². The first-order valence-electron chi connectivity index (χ1n) is 8.76. The van der Waals surface area contributed by atoms with Gasteiger partial charge in [0.2, 0.25) is 0 Å². The predicted octanol–water partition coefficient (Wildman–Crippen LogP) is 2.38. The van der Waals surface area contributed by atoms with E-state index in [9.17, 15) is 4.79 Å². The van der Waals surface area contributed by atoms with E-state index in [0.717, 1.165) is 30.8 Å². The number of rotatable bonds is 3. The van der Waals surface area contributed by atoms with Crippen molar-refractivity contribution >= 4 is 5.65 Å². The monoisotopic (exact) mass is 337 g/mol. The number of pyridine rings is 1. The van der Waals surface area contributed by atoms with Gasteiger partial charge < -0.3 is 0 Å². The van der Waals surface area contributed by atoms with Crippen LogP contribution in [0.1, 0.15) is 41.5 Å². The molecule has 0 radical (unpaired) electrons. The lowest BCUT2D eigenvalue weighted by Gasteiger charge is -2.24. The van der Waals surface area contributed by atoms with Crippen LogP contribution in [-0.2, 0) is 13.6 Å². The van der Waals surface area contributed by atoms with Gasteiger partial charge in [0.1, 0.15) is 5.65 Å². The van der Waals surface area contributed by atoms with Crippen molar-refractivity contribution < 1.29 is 0 Å². The summed E-state index contributed by atoms with van der Waals surface area (Å²) in [4.78, 5) is 19.4. The molecule has 1 aliphatic rings. The van der Waals surface area contributed by atoms with E-state index in [1.54, 1.807) is 16.7 Å². The molecule has 1 aliphatic heterocycles. The van der Waals surface area contributed by atoms with Gasteiger partial charge in [0.05, 0.1) is 11.4 Å². The lowest BCUT2D eigenvalue weighted by molar-refractivity contribution is 0.244. The highest BCUT2D eigenvalue weighted by atomic mass is 16.1. The normalized spacial score (nSPS) is 18.3. The van der Waals surface area contributed by atoms with Crippen molar-refractivity contribution in [2.45, 2.75) is 39.3 Å². The van der Waals surface area contributed by atoms with Gasteiger partial charge in [-0.25, -0.2) is 4.98 Å². The van der Waals surface area contributed by atoms with Gasteiger partial charge in [-0.2, -0.15) is 5.10 Å². The summed E-state index contributed by atoms with van der Waals surface area (Å²) in [6.45, 7) is 5.93. The highest BCUT2D eigenvalue weighted by Gasteiger charge is 2.30. The average Bonchev–Trinajstić information content (AvgIpc) is 3.12. The number of aromatic nitrogens is 4. The van der Waals surface area contributed by atoms with Gasteiger partial charge in [0.25, 0.3) is 5.56 Å². The van der Waals surface area contributed by atoms with Crippen molar-refractivity contribution in [3.05, 3.63) is 63.5 Å². The number of aryl methyl sites for hydroxylation is 2. The van der Waals surface area contributed by atoms with Crippen molar-refractivity contribution in [3.63, 3.8) is 0 Å². The molecule has 3 aromatic heterocycles. The van der Waals surface area contributed by atoms with Crippen LogP contribution in [0.2, 0.25) is 0 Å². The summed E-state index contributed by atoms with van der Waals surface area (Å²) in [6.07, 6.45) is 4.04. The van der Waals surface area contributed by atoms with Gasteiger partial charge in [-0.05, 0) is 45.4 Å². The molecule has 1 fully saturated rings. The minimum atomic E-state index is -0.0231. The van der Waals surface area contributed by atoms with Crippen LogP contribution in [0, 0.1) is 13.8 Å². The van der Waals surface area contributed by atoms with Gasteiger partial charge in [0.15, 0.2) is 0 Å². The summed E-state index contributed by atoms with van der Waals surface area (Å²) in [5.74, 6) is 0. The molecule has 0 bridgehead atoms. The highest BCUT2D eigenvalue weighted by Crippen LogP contribution is 2.36. The standard InChI is InChI=1S/C19H23N5O/c1-13-19(14(2)22(3)21-13)16-7-6-9-23(16)12-15-11-18(25)24-10-5-4-8-17(24)20-15/h4-5,8,10-11,16H,6-7,9,12H2,1-3H3/t16-/m0/s1. The minimum absolute atomic E-state index is 0.0231. The molecule has 0 aromatic carbocycles. The third kappa shape index (κ3) is 2.76. The first kappa shape index (κ1) is 16.0. The molecule has 3 aromatic rings. The molecule has 0 spiro atoms. The Balaban J connectivity index is 1.67. The molecule has 6 nitrogen and oxygen atoms in total. The smallest absolute Gasteiger partial charge is 0.258 e. The Morgan fingerprint density at radius 3 is 2.88 bits per heavy atom. The fraction of sp³-hybridized carbons (Fsp3) is 0.421. The largest absolute Gasteiger partial charge is 0.290 e. The molecule has 1 saturated heterocycles. The van der Waals surface area contributed by atoms with Crippen molar-refractivity contribution in [2.24, 2.45) is 7.05 Å². The molecule has 6 heteroatoms. The molecule has 0 saturated carbocycles. The van der Waals surface area contributed by atoms with E-state index in [4.69, 9.17) is 0 Å². The Hall–Kier alpha value is -2.47. The summed E-state index contributed by atoms with van der Waals surface area (Å²) in [7, 11) is 2.00. The zero-order valence-electron chi connectivity index (χ0n) is 14.9. The van der Waals surface area contributed by atoms with Crippen LogP contribution >= 0.6 is 0 Å². The van der Waals surface area contributed by atoms with E-state index in [1.165, 1.54) is 11.3 Å². The summed E-state index contributed by atoms with van der Waals surface area (Å²) in [5, 5.41) is 4.57. The van der Waals surface area contributed by atoms with Crippen LogP contribution in [0.4, 0.5) is 0 Å². The first-order valence-corrected chi connectivity index (χ1v) is 8.76. The Morgan fingerprint density at radius 1 is 1.28 bits per heavy atom. The number of hydrogen-bond acceptors (Lipinski definition) is 4. The molecule has 1 atom stereocenters. The van der Waals surface area contributed by atoms with Gasteiger partial charge in [-0.1, -0.05) is 6.07 Å². The Bertz CT molecular complexity index is 987. The third-order valence-electron chi connectivity index (χ3n) is 5.25. The molecule has 0 unspecified atom stereocenters. The Kier molecular flexibility index (Phi) is 3.92. The van der Waals surface area contributed by atoms with Gasteiger partial charge in [-0.15, -0.1) is 0 Å². The second-order valence-corrected chi connectivity index (χ2v) is 6.85. The molecule has 4 heterocycles. The van der Waals surface area contributed by atoms with Gasteiger partial charge in [0, 0.05) is 43.2 Å². The van der Waals surface area contributed by atoms with Crippen LogP contribution in [0.25, 0.3) is 5.65 Å². The number of hydrogen-bond donors (Lipinski definition) is 0. The quantitative estimate of drug-likeness (QED) is 0.736. The summed E-state index contributed by atoms with van der Waals surface area (Å²) in [6, 6.07) is 7.64. The van der Waals surface area contributed by atoms with E-state index in [-0.39, 0.29) is 5.56 Å². The third-order valence-corrected chi connectivity index (χ3v) is 5.25. The zero-order chi connectivity index (χ0) is 17.6. The molecule has 0 aliphatic carbocycles. The molecule has 0 N–H and O–H groups in total. The first-order chi connectivity index (χ1) is 12.0. The average molecular weight is 337 g/mol. The zero-order valence-corrected chi connectivity index (χ0v) is 14.9. The topological polar surface area (TPSA) is 55.4 Å². The molecule has 25 heavy (non-hydrogen) atoms. The van der Waals surface area contributed by atoms with Crippen molar-refractivity contribution in [1.29, 1.82) is 0 Å². The maximum absolute atomic E-state index is 12.3. The fourth-order valence-corrected chi connectivity index (χ4v) is 4.01. The van der Waals surface area contributed by atoms with Crippen molar-refractivity contribution in [1.82, 2.24) is 24.1 Å². The summed E-state index contributed by atoms with van der Waals surface area (Å²) in [5.41, 5.74) is 5.17. The molecular weight excluding hydrogens is 314 g/mol. The van der Waals surface area contributed by atoms with E-state index in [0.29, 0.717) is 18.2 Å². The highest BCUT2D eigenvalue weighted by molar-refractivity contribution is 5.38. The molecule has 4 rings (SSSR count). The van der Waals surface area contributed by atoms with Crippen LogP contribution in [0.5, 0.6) is 0 Å². The lowest BCUT2D eigenvalue weighted by Crippen LogP contribution is -2.26. The van der Waals surface area contributed by atoms with E-state index >= 15 is 0 Å². The fourth-order valence-electron chi connectivity index (χ4n) is 4.01. The molecule has 0 amide bonds. The summed E-state index contributed by atoms with van der Waals surface area (Å²) < 4.78 is 3.54. The van der Waals surface area contributed by atoms with Crippen LogP contribution in [-0.4, -0.2) is 30.6 Å². The maximum atomic E-state index is 12.3. The lowest BCUT2D eigenvalue weighted by atomic mass is 10.0. The molecular formula is C19H23N5O. The van der Waals surface area contributed by atoms with E-state index in [2.05, 4.69) is 28.8 Å². The number of fused-ring (bicyclic) bond motifs is 1. The Morgan fingerprint density at radius 2 is 2.12 bits per heavy atom. The second-order valence-electron chi connectivity index (χ2n) is 6.85. The SMILES string of the molecule is Cc1nn(C)c(C)c1[C@@H]1CCCN1Cc1cc(=O)n2ccccc2n1. The minimum Gasteiger partial charge on any atom is -0.290 e. The van der Waals surface area contributed by atoms with Crippen LogP contribution < -0.4 is 5.56 Å². The van der Waals surface area contributed by atoms with Crippen LogP contribution in [0.15, 0.2) is 35.3 Å². The maximum Gasteiger partial charge on any atom is 0.258 e. The number of likely N-dealkylation sites (tertiary alicyclic amines) is 1. The van der Waals surface area contributed by atoms with Gasteiger partial charge >= 0.3 is 0 Å². The van der Waals surface area contributed by atoms with E-state index < -0.39 is 0 Å². The van der Waals surface area contributed by atoms with Crippen molar-refractivity contribution in [3.8, 4) is 0 Å². The summed E-state index contributed by atoms with van der Waals surface area (Å²) >= 11 is 0. The second kappa shape index (κ2) is 6.11. The Labute approximate surface area is 146 Å². The van der Waals surface area contributed by atoms with Gasteiger partial charge in [-0.3, -0.25) is 18.8 Å². The van der Waals surface area contributed by atoms with Crippen LogP contribution in [0.3, 0.4) is 0 Å². The van der Waals surface area contributed by atoms with E-state index in [1.807, 2.05) is 29.9 Å². The predicted molar refractivity (Wildman–Crippen MR) is 96.5 cm³/mol. The number of nitrogens with zero attached hydrogens (tertiary/aromatic N) is 5.